The summed E-state index contributed by atoms with van der Waals surface area (Å²) in [7, 11) is 0. The van der Waals surface area contributed by atoms with E-state index >= 15 is 0 Å². The van der Waals surface area contributed by atoms with Gasteiger partial charge in [-0.1, -0.05) is 36.4 Å². The Morgan fingerprint density at radius 3 is 1.79 bits per heavy atom. The number of carbonyl (C=O) groups excluding carboxylic acids is 2. The number of hydrogen-bond acceptors (Lipinski definition) is 10. The molecule has 0 atom stereocenters. The molecule has 2 amide bonds. The third kappa shape index (κ3) is 9.45. The summed E-state index contributed by atoms with van der Waals surface area (Å²) in [6.07, 6.45) is 12.3. The van der Waals surface area contributed by atoms with Gasteiger partial charge in [0.25, 0.3) is 11.8 Å². The highest BCUT2D eigenvalue weighted by molar-refractivity contribution is 6.06. The van der Waals surface area contributed by atoms with Crippen LogP contribution in [-0.4, -0.2) is 31.8 Å². The van der Waals surface area contributed by atoms with E-state index in [1.165, 1.54) is 0 Å². The van der Waals surface area contributed by atoms with E-state index in [0.717, 1.165) is 61.6 Å². The van der Waals surface area contributed by atoms with Crippen LogP contribution in [0.4, 0.5) is 45.6 Å². The zero-order valence-electron chi connectivity index (χ0n) is 35.1. The molecule has 5 heterocycles. The van der Waals surface area contributed by atoms with Gasteiger partial charge in [0, 0.05) is 117 Å². The predicted molar refractivity (Wildman–Crippen MR) is 259 cm³/mol. The van der Waals surface area contributed by atoms with Crippen molar-refractivity contribution in [2.24, 2.45) is 0 Å². The minimum atomic E-state index is -0.315. The number of nitrogens with one attached hydrogen (secondary N) is 5. The van der Waals surface area contributed by atoms with E-state index in [4.69, 9.17) is 4.74 Å². The molecule has 0 bridgehead atoms. The Hall–Kier alpha value is -9.49. The number of fused-ring (bicyclic) bond motifs is 2. The second-order valence-corrected chi connectivity index (χ2v) is 15.1. The van der Waals surface area contributed by atoms with Crippen molar-refractivity contribution < 1.29 is 18.9 Å². The minimum Gasteiger partial charge on any atom is -0.457 e. The Bertz CT molecular complexity index is 3380. The number of anilines is 8. The monoisotopic (exact) mass is 863 g/mol. The molecule has 0 saturated heterocycles. The maximum absolute atomic E-state index is 13.4. The molecule has 66 heavy (non-hydrogen) atoms. The van der Waals surface area contributed by atoms with Crippen LogP contribution in [0.5, 0.6) is 11.5 Å². The smallest absolute Gasteiger partial charge is 0.256 e. The first-order valence-corrected chi connectivity index (χ1v) is 21.0. The van der Waals surface area contributed by atoms with Gasteiger partial charge in [-0.3, -0.25) is 24.5 Å². The molecule has 5 aromatic carbocycles. The first-order valence-electron chi connectivity index (χ1n) is 21.0. The summed E-state index contributed by atoms with van der Waals surface area (Å²) >= 11 is 0. The maximum atomic E-state index is 13.4. The average molecular weight is 864 g/mol. The number of ether oxygens (including phenoxy) is 1. The molecular weight excluding hydrogens is 825 g/mol. The fourth-order valence-corrected chi connectivity index (χ4v) is 7.40. The summed E-state index contributed by atoms with van der Waals surface area (Å²) in [6.45, 7) is 0. The molecule has 0 fully saturated rings. The number of hydrogen-bond donors (Lipinski definition) is 5. The lowest BCUT2D eigenvalue weighted by atomic mass is 10.1. The molecule has 0 radical (unpaired) electrons. The van der Waals surface area contributed by atoms with Gasteiger partial charge in [0.1, 0.15) is 17.3 Å². The topological polar surface area (TPSA) is 159 Å². The van der Waals surface area contributed by atoms with Crippen molar-refractivity contribution in [3.8, 4) is 17.2 Å². The van der Waals surface area contributed by atoms with Crippen LogP contribution in [0.2, 0.25) is 0 Å². The first kappa shape index (κ1) is 40.6. The lowest BCUT2D eigenvalue weighted by Crippen LogP contribution is -2.29. The molecule has 318 valence electrons. The summed E-state index contributed by atoms with van der Waals surface area (Å²) in [5.41, 5.74) is 9.22. The van der Waals surface area contributed by atoms with E-state index in [9.17, 15) is 9.59 Å². The molecule has 5 aromatic heterocycles. The van der Waals surface area contributed by atoms with Gasteiger partial charge < -0.3 is 31.3 Å². The lowest BCUT2D eigenvalue weighted by molar-refractivity contribution is -0.595. The van der Waals surface area contributed by atoms with Crippen LogP contribution in [0.1, 0.15) is 20.7 Å². The van der Waals surface area contributed by atoms with Gasteiger partial charge in [0.2, 0.25) is 5.69 Å². The fourth-order valence-electron chi connectivity index (χ4n) is 7.40. The van der Waals surface area contributed by atoms with Crippen LogP contribution >= 0.6 is 0 Å². The predicted octanol–water partition coefficient (Wildman–Crippen LogP) is 11.4. The van der Waals surface area contributed by atoms with Crippen LogP contribution < -0.4 is 35.9 Å². The molecule has 13 nitrogen and oxygen atoms in total. The lowest BCUT2D eigenvalue weighted by Gasteiger charge is -2.12. The number of para-hydroxylation sites is 1. The van der Waals surface area contributed by atoms with Gasteiger partial charge in [-0.25, -0.2) is 4.98 Å². The normalized spacial score (nSPS) is 10.8. The van der Waals surface area contributed by atoms with E-state index in [1.54, 1.807) is 73.4 Å². The third-order valence-electron chi connectivity index (χ3n) is 10.6. The molecule has 0 aliphatic carbocycles. The van der Waals surface area contributed by atoms with Crippen molar-refractivity contribution in [3.05, 3.63) is 218 Å². The summed E-state index contributed by atoms with van der Waals surface area (Å²) in [6, 6.07) is 50.9. The molecule has 13 heteroatoms. The number of amides is 2. The molecule has 0 aliphatic heterocycles. The van der Waals surface area contributed by atoms with Gasteiger partial charge in [0.05, 0.1) is 16.7 Å². The zero-order valence-corrected chi connectivity index (χ0v) is 35.1. The van der Waals surface area contributed by atoms with Gasteiger partial charge in [-0.2, -0.15) is 4.57 Å². The highest BCUT2D eigenvalue weighted by Gasteiger charge is 2.14. The van der Waals surface area contributed by atoms with E-state index in [2.05, 4.69) is 52.6 Å². The summed E-state index contributed by atoms with van der Waals surface area (Å²) < 4.78 is 7.89. The first-order chi connectivity index (χ1) is 32.5. The molecule has 5 N–H and O–H groups in total. The molecule has 0 spiro atoms. The van der Waals surface area contributed by atoms with Crippen molar-refractivity contribution in [2.45, 2.75) is 0 Å². The van der Waals surface area contributed by atoms with Crippen molar-refractivity contribution >= 4 is 79.2 Å². The number of benzene rings is 5. The standard InChI is InChI=1S/C53H38N10O3/c64-52(35-6-3-8-38(30-35)59-49-19-26-55-47-13-2-1-12-45(47)49)61-41-11-5-10-40(32-41)58-37-21-28-63(29-22-37)42-14-15-48-46(33-42)50(20-27-56-48)60-39-9-4-7-36(31-39)53(65)62-51-34-44(18-25-57-51)66-43-16-23-54-24-17-43/h1-34H,(H4,55,56,57,59,60,61,62,64,65)/p+1. The Morgan fingerprint density at radius 2 is 1.05 bits per heavy atom. The minimum absolute atomic E-state index is 0.221. The van der Waals surface area contributed by atoms with E-state index < -0.39 is 0 Å². The Kier molecular flexibility index (Phi) is 11.4. The Labute approximate surface area is 378 Å². The largest absolute Gasteiger partial charge is 0.457 e. The summed E-state index contributed by atoms with van der Waals surface area (Å²) in [5, 5.41) is 18.2. The van der Waals surface area contributed by atoms with Gasteiger partial charge >= 0.3 is 0 Å². The fraction of sp³-hybridized carbons (Fsp3) is 0. The average Bonchev–Trinajstić information content (AvgIpc) is 3.35. The SMILES string of the molecule is O=C(Nc1cccc(Nc2cc[n+](-c3ccc4nccc(Nc5cccc(C(=O)Nc6cc(Oc7ccncc7)ccn6)c5)c4c3)cc2)c1)c1cccc(Nc2ccnc3ccccc23)c1. The molecule has 10 aromatic rings. The Balaban J connectivity index is 0.786. The van der Waals surface area contributed by atoms with Gasteiger partial charge in [0.15, 0.2) is 12.4 Å². The quantitative estimate of drug-likeness (QED) is 0.0706. The molecular formula is C53H39N10O3+. The summed E-state index contributed by atoms with van der Waals surface area (Å²) in [4.78, 5) is 44.1. The van der Waals surface area contributed by atoms with Crippen molar-refractivity contribution in [1.82, 2.24) is 19.9 Å². The van der Waals surface area contributed by atoms with Crippen LogP contribution in [0.25, 0.3) is 27.5 Å². The van der Waals surface area contributed by atoms with E-state index in [0.29, 0.717) is 34.1 Å². The molecule has 0 unspecified atom stereocenters. The molecule has 0 aliphatic rings. The van der Waals surface area contributed by atoms with Crippen molar-refractivity contribution in [3.63, 3.8) is 0 Å². The van der Waals surface area contributed by atoms with E-state index in [-0.39, 0.29) is 11.8 Å². The van der Waals surface area contributed by atoms with Crippen molar-refractivity contribution in [2.75, 3.05) is 26.6 Å². The molecule has 10 rings (SSSR count). The number of aromatic nitrogens is 5. The second-order valence-electron chi connectivity index (χ2n) is 15.1. The highest BCUT2D eigenvalue weighted by Crippen LogP contribution is 2.29. The van der Waals surface area contributed by atoms with Crippen LogP contribution in [-0.2, 0) is 0 Å². The van der Waals surface area contributed by atoms with Crippen molar-refractivity contribution in [1.29, 1.82) is 0 Å². The number of carbonyl (C=O) groups is 2. The maximum Gasteiger partial charge on any atom is 0.256 e. The van der Waals surface area contributed by atoms with Crippen LogP contribution in [0.15, 0.2) is 207 Å². The Morgan fingerprint density at radius 1 is 0.439 bits per heavy atom. The number of rotatable bonds is 13. The number of nitrogens with zero attached hydrogens (tertiary/aromatic N) is 5. The molecule has 0 saturated carbocycles. The highest BCUT2D eigenvalue weighted by atomic mass is 16.5. The second kappa shape index (κ2) is 18.5. The van der Waals surface area contributed by atoms with Gasteiger partial charge in [-0.05, 0) is 97.1 Å². The van der Waals surface area contributed by atoms with Gasteiger partial charge in [-0.15, -0.1) is 0 Å². The summed E-state index contributed by atoms with van der Waals surface area (Å²) in [5.74, 6) is 0.980. The zero-order chi connectivity index (χ0) is 44.7. The van der Waals surface area contributed by atoms with Crippen LogP contribution in [0.3, 0.4) is 0 Å². The van der Waals surface area contributed by atoms with E-state index in [1.807, 2.05) is 132 Å². The third-order valence-corrected chi connectivity index (χ3v) is 10.6. The number of pyridine rings is 5. The van der Waals surface area contributed by atoms with Crippen LogP contribution in [0, 0.1) is 0 Å².